The maximum atomic E-state index is 5.44. The van der Waals surface area contributed by atoms with Gasteiger partial charge in [-0.25, -0.2) is 0 Å². The van der Waals surface area contributed by atoms with Gasteiger partial charge in [0.15, 0.2) is 8.32 Å². The molecule has 1 unspecified atom stereocenters. The third-order valence-electron chi connectivity index (χ3n) is 1.84. The largest absolute Gasteiger partial charge is 0.420 e. The van der Waals surface area contributed by atoms with Crippen LogP contribution in [0.4, 0.5) is 0 Å². The second-order valence-corrected chi connectivity index (χ2v) is 8.06. The Kier molecular flexibility index (Phi) is 4.96. The average molecular weight is 176 g/mol. The number of hydrogen-bond acceptors (Lipinski definition) is 2. The van der Waals surface area contributed by atoms with Crippen molar-refractivity contribution in [1.29, 1.82) is 0 Å². The highest BCUT2D eigenvalue weighted by molar-refractivity contribution is 6.71. The Morgan fingerprint density at radius 1 is 1.27 bits per heavy atom. The first-order chi connectivity index (χ1) is 5.02. The van der Waals surface area contributed by atoms with E-state index in [2.05, 4.69) is 20.0 Å². The molecular formula is C8H20O2Si. The second kappa shape index (κ2) is 4.90. The maximum Gasteiger partial charge on any atom is 0.186 e. The lowest BCUT2D eigenvalue weighted by Crippen LogP contribution is -2.31. The summed E-state index contributed by atoms with van der Waals surface area (Å²) in [5.41, 5.74) is 0. The van der Waals surface area contributed by atoms with Gasteiger partial charge in [-0.2, -0.15) is 0 Å². The van der Waals surface area contributed by atoms with Crippen LogP contribution in [0.5, 0.6) is 0 Å². The van der Waals surface area contributed by atoms with Crippen LogP contribution in [-0.4, -0.2) is 29.1 Å². The second-order valence-electron chi connectivity index (χ2n) is 3.73. The van der Waals surface area contributed by atoms with Crippen molar-refractivity contribution in [3.8, 4) is 0 Å². The van der Waals surface area contributed by atoms with Crippen LogP contribution in [0.25, 0.3) is 0 Å². The summed E-state index contributed by atoms with van der Waals surface area (Å²) in [5.74, 6) is 0.626. The molecule has 0 radical (unpaired) electrons. The highest BCUT2D eigenvalue weighted by atomic mass is 28.4. The van der Waals surface area contributed by atoms with Crippen molar-refractivity contribution in [2.75, 3.05) is 20.8 Å². The minimum atomic E-state index is -1.36. The van der Waals surface area contributed by atoms with Crippen LogP contribution in [0.1, 0.15) is 6.92 Å². The van der Waals surface area contributed by atoms with E-state index in [1.165, 1.54) is 6.04 Å². The van der Waals surface area contributed by atoms with Crippen LogP contribution in [0.15, 0.2) is 0 Å². The zero-order valence-corrected chi connectivity index (χ0v) is 9.31. The van der Waals surface area contributed by atoms with Gasteiger partial charge in [0, 0.05) is 20.8 Å². The molecule has 0 saturated heterocycles. The van der Waals surface area contributed by atoms with Gasteiger partial charge in [0.25, 0.3) is 0 Å². The van der Waals surface area contributed by atoms with E-state index in [-0.39, 0.29) is 0 Å². The quantitative estimate of drug-likeness (QED) is 0.597. The molecule has 0 bridgehead atoms. The molecule has 0 spiro atoms. The Labute approximate surface area is 71.0 Å². The molecule has 0 fully saturated rings. The van der Waals surface area contributed by atoms with Gasteiger partial charge in [-0.1, -0.05) is 6.92 Å². The van der Waals surface area contributed by atoms with E-state index >= 15 is 0 Å². The molecule has 0 aliphatic rings. The lowest BCUT2D eigenvalue weighted by atomic mass is 10.2. The van der Waals surface area contributed by atoms with E-state index in [0.29, 0.717) is 5.92 Å². The average Bonchev–Trinajstić information content (AvgIpc) is 1.87. The van der Waals surface area contributed by atoms with Gasteiger partial charge in [0.1, 0.15) is 0 Å². The van der Waals surface area contributed by atoms with E-state index in [0.717, 1.165) is 6.61 Å². The van der Waals surface area contributed by atoms with Gasteiger partial charge >= 0.3 is 0 Å². The summed E-state index contributed by atoms with van der Waals surface area (Å²) in [5, 5.41) is 0. The summed E-state index contributed by atoms with van der Waals surface area (Å²) >= 11 is 0. The standard InChI is InChI=1S/C8H20O2Si/c1-8(6-9-2)7-11(4,5)10-3/h8H,6-7H2,1-5H3. The molecule has 11 heavy (non-hydrogen) atoms. The van der Waals surface area contributed by atoms with E-state index in [1.54, 1.807) is 7.11 Å². The first kappa shape index (κ1) is 11.1. The van der Waals surface area contributed by atoms with Gasteiger partial charge in [-0.15, -0.1) is 0 Å². The summed E-state index contributed by atoms with van der Waals surface area (Å²) < 4.78 is 10.5. The van der Waals surface area contributed by atoms with Crippen LogP contribution in [-0.2, 0) is 9.16 Å². The van der Waals surface area contributed by atoms with Crippen molar-refractivity contribution in [2.45, 2.75) is 26.1 Å². The molecule has 68 valence electrons. The predicted octanol–water partition coefficient (Wildman–Crippen LogP) is 2.12. The van der Waals surface area contributed by atoms with E-state index in [1.807, 2.05) is 7.11 Å². The smallest absolute Gasteiger partial charge is 0.186 e. The minimum absolute atomic E-state index is 0.626. The van der Waals surface area contributed by atoms with Gasteiger partial charge in [-0.05, 0) is 25.1 Å². The van der Waals surface area contributed by atoms with Gasteiger partial charge in [0.2, 0.25) is 0 Å². The van der Waals surface area contributed by atoms with Gasteiger partial charge in [0.05, 0.1) is 0 Å². The molecule has 2 nitrogen and oxygen atoms in total. The van der Waals surface area contributed by atoms with Crippen LogP contribution in [0.3, 0.4) is 0 Å². The number of ether oxygens (including phenoxy) is 1. The van der Waals surface area contributed by atoms with Crippen molar-refractivity contribution >= 4 is 8.32 Å². The highest BCUT2D eigenvalue weighted by Gasteiger charge is 2.23. The van der Waals surface area contributed by atoms with Crippen LogP contribution < -0.4 is 0 Å². The molecule has 0 aliphatic heterocycles. The van der Waals surface area contributed by atoms with Gasteiger partial charge < -0.3 is 9.16 Å². The molecular weight excluding hydrogens is 156 g/mol. The summed E-state index contributed by atoms with van der Waals surface area (Å²) in [6.45, 7) is 7.52. The van der Waals surface area contributed by atoms with Gasteiger partial charge in [-0.3, -0.25) is 0 Å². The fourth-order valence-corrected chi connectivity index (χ4v) is 3.23. The predicted molar refractivity (Wildman–Crippen MR) is 50.3 cm³/mol. The maximum absolute atomic E-state index is 5.44. The van der Waals surface area contributed by atoms with Crippen molar-refractivity contribution in [2.24, 2.45) is 5.92 Å². The summed E-state index contributed by atoms with van der Waals surface area (Å²) in [7, 11) is 2.20. The summed E-state index contributed by atoms with van der Waals surface area (Å²) in [6, 6.07) is 1.18. The normalized spacial score (nSPS) is 15.0. The lowest BCUT2D eigenvalue weighted by molar-refractivity contribution is 0.164. The zero-order chi connectivity index (χ0) is 8.91. The van der Waals surface area contributed by atoms with Crippen molar-refractivity contribution < 1.29 is 9.16 Å². The molecule has 3 heteroatoms. The van der Waals surface area contributed by atoms with Crippen molar-refractivity contribution in [1.82, 2.24) is 0 Å². The Hall–Kier alpha value is 0.137. The zero-order valence-electron chi connectivity index (χ0n) is 8.31. The molecule has 0 heterocycles. The monoisotopic (exact) mass is 176 g/mol. The van der Waals surface area contributed by atoms with Crippen LogP contribution in [0.2, 0.25) is 19.1 Å². The molecule has 0 saturated carbocycles. The first-order valence-electron chi connectivity index (χ1n) is 4.06. The Bertz CT molecular complexity index is 104. The van der Waals surface area contributed by atoms with Crippen molar-refractivity contribution in [3.05, 3.63) is 0 Å². The van der Waals surface area contributed by atoms with E-state index in [4.69, 9.17) is 9.16 Å². The Morgan fingerprint density at radius 2 is 1.82 bits per heavy atom. The Morgan fingerprint density at radius 3 is 2.18 bits per heavy atom. The topological polar surface area (TPSA) is 18.5 Å². The lowest BCUT2D eigenvalue weighted by Gasteiger charge is -2.23. The van der Waals surface area contributed by atoms with Crippen LogP contribution in [0, 0.1) is 5.92 Å². The number of rotatable bonds is 5. The van der Waals surface area contributed by atoms with Crippen molar-refractivity contribution in [3.63, 3.8) is 0 Å². The fraction of sp³-hybridized carbons (Fsp3) is 1.00. The molecule has 1 atom stereocenters. The summed E-state index contributed by atoms with van der Waals surface area (Å²) in [6.07, 6.45) is 0. The Balaban J connectivity index is 3.64. The summed E-state index contributed by atoms with van der Waals surface area (Å²) in [4.78, 5) is 0. The first-order valence-corrected chi connectivity index (χ1v) is 7.17. The molecule has 0 N–H and O–H groups in total. The third kappa shape index (κ3) is 5.41. The highest BCUT2D eigenvalue weighted by Crippen LogP contribution is 2.16. The molecule has 0 aromatic heterocycles. The SMILES string of the molecule is COCC(C)C[Si](C)(C)OC. The number of hydrogen-bond donors (Lipinski definition) is 0. The molecule has 0 aromatic carbocycles. The molecule has 0 aliphatic carbocycles. The number of methoxy groups -OCH3 is 1. The van der Waals surface area contributed by atoms with E-state index in [9.17, 15) is 0 Å². The third-order valence-corrected chi connectivity index (χ3v) is 4.63. The molecule has 0 aromatic rings. The minimum Gasteiger partial charge on any atom is -0.420 e. The molecule has 0 rings (SSSR count). The van der Waals surface area contributed by atoms with E-state index < -0.39 is 8.32 Å². The van der Waals surface area contributed by atoms with Crippen LogP contribution >= 0.6 is 0 Å². The molecule has 0 amide bonds. The fourth-order valence-electron chi connectivity index (χ4n) is 1.27.